The molecule has 2 heterocycles. The molecule has 1 aromatic carbocycles. The number of halogens is 1. The molecule has 0 saturated carbocycles. The number of benzene rings is 1. The Morgan fingerprint density at radius 2 is 1.85 bits per heavy atom. The third-order valence-electron chi connectivity index (χ3n) is 4.96. The number of ether oxygens (including phenoxy) is 2. The third kappa shape index (κ3) is 4.27. The molecule has 0 bridgehead atoms. The highest BCUT2D eigenvalue weighted by Gasteiger charge is 2.28. The van der Waals surface area contributed by atoms with E-state index >= 15 is 0 Å². The van der Waals surface area contributed by atoms with Crippen LogP contribution in [0.15, 0.2) is 36.5 Å². The Bertz CT molecular complexity index is 790. The minimum absolute atomic E-state index is 0.00773. The molecule has 144 valence electrons. The Morgan fingerprint density at radius 3 is 2.44 bits per heavy atom. The lowest BCUT2D eigenvalue weighted by molar-refractivity contribution is -0.122. The summed E-state index contributed by atoms with van der Waals surface area (Å²) < 4.78 is 10.6. The number of carbonyl (C=O) groups is 1. The topological polar surface area (TPSA) is 54.9 Å². The van der Waals surface area contributed by atoms with E-state index < -0.39 is 0 Å². The van der Waals surface area contributed by atoms with Crippen molar-refractivity contribution in [3.05, 3.63) is 41.6 Å². The van der Waals surface area contributed by atoms with E-state index in [2.05, 4.69) is 9.88 Å². The number of hydrogen-bond donors (Lipinski definition) is 0. The van der Waals surface area contributed by atoms with E-state index in [1.54, 1.807) is 32.4 Å². The van der Waals surface area contributed by atoms with E-state index in [0.29, 0.717) is 16.5 Å². The van der Waals surface area contributed by atoms with Crippen molar-refractivity contribution < 1.29 is 14.3 Å². The van der Waals surface area contributed by atoms with Gasteiger partial charge < -0.3 is 19.3 Å². The van der Waals surface area contributed by atoms with Gasteiger partial charge >= 0.3 is 0 Å². The first-order valence-corrected chi connectivity index (χ1v) is 9.27. The lowest BCUT2D eigenvalue weighted by Gasteiger charge is -2.34. The molecule has 0 unspecified atom stereocenters. The standard InChI is InChI=1S/C20H24ClN3O3/c1-23(16-5-6-17(26-2)18(12-16)27-3)20(25)14-8-10-24(11-9-14)19-7-4-15(21)13-22-19/h4-7,12-14H,8-11H2,1-3H3. The molecule has 3 rings (SSSR count). The molecule has 0 aliphatic carbocycles. The molecule has 27 heavy (non-hydrogen) atoms. The molecule has 1 fully saturated rings. The van der Waals surface area contributed by atoms with E-state index in [0.717, 1.165) is 37.4 Å². The smallest absolute Gasteiger partial charge is 0.229 e. The van der Waals surface area contributed by atoms with Gasteiger partial charge in [0.05, 0.1) is 19.2 Å². The predicted octanol–water partition coefficient (Wildman–Crippen LogP) is 3.63. The number of methoxy groups -OCH3 is 2. The van der Waals surface area contributed by atoms with Crippen molar-refractivity contribution in [3.63, 3.8) is 0 Å². The predicted molar refractivity (Wildman–Crippen MR) is 107 cm³/mol. The summed E-state index contributed by atoms with van der Waals surface area (Å²) in [6.45, 7) is 1.59. The van der Waals surface area contributed by atoms with Crippen LogP contribution in [0, 0.1) is 5.92 Å². The van der Waals surface area contributed by atoms with Crippen molar-refractivity contribution in [1.82, 2.24) is 4.98 Å². The summed E-state index contributed by atoms with van der Waals surface area (Å²) in [6.07, 6.45) is 3.24. The first-order valence-electron chi connectivity index (χ1n) is 8.89. The highest BCUT2D eigenvalue weighted by atomic mass is 35.5. The molecule has 1 aliphatic rings. The Labute approximate surface area is 164 Å². The van der Waals surface area contributed by atoms with Crippen LogP contribution in [0.2, 0.25) is 5.02 Å². The van der Waals surface area contributed by atoms with Crippen molar-refractivity contribution >= 4 is 29.0 Å². The summed E-state index contributed by atoms with van der Waals surface area (Å²) >= 11 is 5.90. The molecule has 0 atom stereocenters. The number of carbonyl (C=O) groups excluding carboxylic acids is 1. The fourth-order valence-corrected chi connectivity index (χ4v) is 3.46. The fraction of sp³-hybridized carbons (Fsp3) is 0.400. The second-order valence-electron chi connectivity index (χ2n) is 6.53. The van der Waals surface area contributed by atoms with Crippen LogP contribution in [0.25, 0.3) is 0 Å². The maximum Gasteiger partial charge on any atom is 0.229 e. The number of aromatic nitrogens is 1. The minimum atomic E-state index is -0.00773. The molecular weight excluding hydrogens is 366 g/mol. The Balaban J connectivity index is 1.64. The van der Waals surface area contributed by atoms with Crippen molar-refractivity contribution in [3.8, 4) is 11.5 Å². The molecule has 6 nitrogen and oxygen atoms in total. The van der Waals surface area contributed by atoms with E-state index in [9.17, 15) is 4.79 Å². The monoisotopic (exact) mass is 389 g/mol. The molecule has 1 aromatic heterocycles. The van der Waals surface area contributed by atoms with Crippen LogP contribution in [0.3, 0.4) is 0 Å². The van der Waals surface area contributed by atoms with Crippen LogP contribution >= 0.6 is 11.6 Å². The number of pyridine rings is 1. The molecule has 7 heteroatoms. The van der Waals surface area contributed by atoms with Gasteiger partial charge in [0.2, 0.25) is 5.91 Å². The first kappa shape index (κ1) is 19.3. The van der Waals surface area contributed by atoms with Crippen LogP contribution < -0.4 is 19.3 Å². The summed E-state index contributed by atoms with van der Waals surface area (Å²) in [7, 11) is 4.98. The van der Waals surface area contributed by atoms with Crippen LogP contribution in [-0.4, -0.2) is 45.2 Å². The summed E-state index contributed by atoms with van der Waals surface area (Å²) in [5, 5.41) is 0.625. The third-order valence-corrected chi connectivity index (χ3v) is 5.19. The maximum atomic E-state index is 12.9. The van der Waals surface area contributed by atoms with Crippen molar-refractivity contribution in [2.45, 2.75) is 12.8 Å². The second kappa shape index (κ2) is 8.48. The Morgan fingerprint density at radius 1 is 1.15 bits per heavy atom. The van der Waals surface area contributed by atoms with Crippen LogP contribution in [0.1, 0.15) is 12.8 Å². The summed E-state index contributed by atoms with van der Waals surface area (Å²) in [5.74, 6) is 2.26. The SMILES string of the molecule is COc1ccc(N(C)C(=O)C2CCN(c3ccc(Cl)cn3)CC2)cc1OC. The summed E-state index contributed by atoms with van der Waals surface area (Å²) in [5.41, 5.74) is 0.791. The van der Waals surface area contributed by atoms with E-state index in [1.165, 1.54) is 0 Å². The molecular formula is C20H24ClN3O3. The summed E-state index contributed by atoms with van der Waals surface area (Å²) in [6, 6.07) is 9.26. The van der Waals surface area contributed by atoms with Gasteiger partial charge in [0.1, 0.15) is 5.82 Å². The Kier molecular flexibility index (Phi) is 6.06. The zero-order valence-electron chi connectivity index (χ0n) is 15.8. The Hall–Kier alpha value is -2.47. The molecule has 1 aliphatic heterocycles. The molecule has 0 N–H and O–H groups in total. The zero-order valence-corrected chi connectivity index (χ0v) is 16.6. The van der Waals surface area contributed by atoms with E-state index in [4.69, 9.17) is 21.1 Å². The fourth-order valence-electron chi connectivity index (χ4n) is 3.35. The molecule has 1 amide bonds. The van der Waals surface area contributed by atoms with E-state index in [1.807, 2.05) is 30.3 Å². The van der Waals surface area contributed by atoms with Crippen molar-refractivity contribution in [2.75, 3.05) is 44.2 Å². The number of rotatable bonds is 5. The van der Waals surface area contributed by atoms with Crippen LogP contribution in [0.4, 0.5) is 11.5 Å². The zero-order chi connectivity index (χ0) is 19.4. The van der Waals surface area contributed by atoms with Crippen molar-refractivity contribution in [1.29, 1.82) is 0 Å². The van der Waals surface area contributed by atoms with Gasteiger partial charge in [-0.25, -0.2) is 4.98 Å². The average Bonchev–Trinajstić information content (AvgIpc) is 2.72. The summed E-state index contributed by atoms with van der Waals surface area (Å²) in [4.78, 5) is 21.2. The average molecular weight is 390 g/mol. The molecule has 0 spiro atoms. The highest BCUT2D eigenvalue weighted by molar-refractivity contribution is 6.30. The number of nitrogens with zero attached hydrogens (tertiary/aromatic N) is 3. The molecule has 1 saturated heterocycles. The lowest BCUT2D eigenvalue weighted by atomic mass is 9.95. The van der Waals surface area contributed by atoms with Gasteiger partial charge in [-0.2, -0.15) is 0 Å². The number of hydrogen-bond acceptors (Lipinski definition) is 5. The maximum absolute atomic E-state index is 12.9. The van der Waals surface area contributed by atoms with Crippen LogP contribution in [-0.2, 0) is 4.79 Å². The van der Waals surface area contributed by atoms with Gasteiger partial charge in [-0.1, -0.05) is 11.6 Å². The largest absolute Gasteiger partial charge is 0.493 e. The highest BCUT2D eigenvalue weighted by Crippen LogP contribution is 2.32. The van der Waals surface area contributed by atoms with Gasteiger partial charge in [0.25, 0.3) is 0 Å². The van der Waals surface area contributed by atoms with E-state index in [-0.39, 0.29) is 11.8 Å². The van der Waals surface area contributed by atoms with Gasteiger partial charge in [0, 0.05) is 44.0 Å². The van der Waals surface area contributed by atoms with Gasteiger partial charge in [0.15, 0.2) is 11.5 Å². The minimum Gasteiger partial charge on any atom is -0.493 e. The number of piperidine rings is 1. The van der Waals surface area contributed by atoms with Crippen molar-refractivity contribution in [2.24, 2.45) is 5.92 Å². The normalized spacial score (nSPS) is 14.7. The van der Waals surface area contributed by atoms with Crippen LogP contribution in [0.5, 0.6) is 11.5 Å². The lowest BCUT2D eigenvalue weighted by Crippen LogP contribution is -2.41. The number of anilines is 2. The van der Waals surface area contributed by atoms with Gasteiger partial charge in [-0.15, -0.1) is 0 Å². The van der Waals surface area contributed by atoms with Gasteiger partial charge in [-0.05, 0) is 37.1 Å². The quantitative estimate of drug-likeness (QED) is 0.781. The molecule has 2 aromatic rings. The second-order valence-corrected chi connectivity index (χ2v) is 6.97. The first-order chi connectivity index (χ1) is 13.0. The number of amides is 1. The molecule has 0 radical (unpaired) electrons. The van der Waals surface area contributed by atoms with Gasteiger partial charge in [-0.3, -0.25) is 4.79 Å².